The second kappa shape index (κ2) is 3.18. The molecule has 2 aliphatic heterocycles. The van der Waals surface area contributed by atoms with Crippen LogP contribution in [-0.4, -0.2) is 36.0 Å². The third kappa shape index (κ3) is 1.27. The summed E-state index contributed by atoms with van der Waals surface area (Å²) >= 11 is 1.92. The van der Waals surface area contributed by atoms with Crippen molar-refractivity contribution < 1.29 is 9.47 Å². The molecule has 0 aromatic rings. The fourth-order valence-corrected chi connectivity index (χ4v) is 3.00. The molecular weight excluding hydrogens is 174 g/mol. The van der Waals surface area contributed by atoms with Crippen LogP contribution < -0.4 is 5.73 Å². The van der Waals surface area contributed by atoms with Crippen LogP contribution in [0.4, 0.5) is 0 Å². The van der Waals surface area contributed by atoms with Crippen LogP contribution in [0.15, 0.2) is 0 Å². The topological polar surface area (TPSA) is 44.5 Å². The van der Waals surface area contributed by atoms with Gasteiger partial charge in [0.05, 0.1) is 18.0 Å². The molecule has 2 heterocycles. The molecule has 3 unspecified atom stereocenters. The lowest BCUT2D eigenvalue weighted by Crippen LogP contribution is -2.37. The van der Waals surface area contributed by atoms with Crippen LogP contribution in [-0.2, 0) is 9.47 Å². The molecule has 3 nitrogen and oxygen atoms in total. The van der Waals surface area contributed by atoms with E-state index in [1.807, 2.05) is 11.8 Å². The Labute approximate surface area is 77.0 Å². The van der Waals surface area contributed by atoms with E-state index in [4.69, 9.17) is 15.2 Å². The van der Waals surface area contributed by atoms with Crippen LogP contribution in [0.5, 0.6) is 0 Å². The van der Waals surface area contributed by atoms with Crippen molar-refractivity contribution in [2.75, 3.05) is 18.9 Å². The van der Waals surface area contributed by atoms with Gasteiger partial charge >= 0.3 is 0 Å². The molecule has 0 saturated carbocycles. The quantitative estimate of drug-likeness (QED) is 0.655. The molecule has 0 aromatic heterocycles. The Morgan fingerprint density at radius 1 is 1.67 bits per heavy atom. The van der Waals surface area contributed by atoms with Gasteiger partial charge in [-0.1, -0.05) is 0 Å². The summed E-state index contributed by atoms with van der Waals surface area (Å²) in [6, 6.07) is 0. The summed E-state index contributed by atoms with van der Waals surface area (Å²) in [5, 5.41) is 0.453. The van der Waals surface area contributed by atoms with Crippen LogP contribution in [0.3, 0.4) is 0 Å². The monoisotopic (exact) mass is 189 g/mol. The van der Waals surface area contributed by atoms with E-state index < -0.39 is 0 Å². The van der Waals surface area contributed by atoms with Gasteiger partial charge in [0.25, 0.3) is 0 Å². The summed E-state index contributed by atoms with van der Waals surface area (Å²) in [5.74, 6) is 0.840. The summed E-state index contributed by atoms with van der Waals surface area (Å²) in [7, 11) is 0. The molecule has 1 spiro atoms. The largest absolute Gasteiger partial charge is 0.346 e. The number of hydrogen-bond acceptors (Lipinski definition) is 4. The molecule has 70 valence electrons. The zero-order valence-corrected chi connectivity index (χ0v) is 8.10. The minimum atomic E-state index is -0.297. The summed E-state index contributed by atoms with van der Waals surface area (Å²) in [6.07, 6.45) is 1.13. The Kier molecular flexibility index (Phi) is 2.33. The Morgan fingerprint density at radius 2 is 2.50 bits per heavy atom. The van der Waals surface area contributed by atoms with Gasteiger partial charge in [0, 0.05) is 13.0 Å². The predicted molar refractivity (Wildman–Crippen MR) is 49.1 cm³/mol. The number of ether oxygens (including phenoxy) is 2. The van der Waals surface area contributed by atoms with Crippen molar-refractivity contribution in [1.82, 2.24) is 0 Å². The molecule has 0 radical (unpaired) electrons. The Hall–Kier alpha value is 0.230. The first-order valence-corrected chi connectivity index (χ1v) is 5.45. The Balaban J connectivity index is 2.04. The summed E-state index contributed by atoms with van der Waals surface area (Å²) in [4.78, 5) is 0. The van der Waals surface area contributed by atoms with Crippen LogP contribution in [0.2, 0.25) is 0 Å². The highest BCUT2D eigenvalue weighted by Gasteiger charge is 2.48. The molecule has 2 rings (SSSR count). The molecular formula is C8H15NO2S. The molecule has 0 aliphatic carbocycles. The number of rotatable bonds is 1. The van der Waals surface area contributed by atoms with Gasteiger partial charge in [-0.25, -0.2) is 0 Å². The van der Waals surface area contributed by atoms with Gasteiger partial charge in [-0.05, 0) is 12.7 Å². The Morgan fingerprint density at radius 3 is 3.00 bits per heavy atom. The molecule has 0 aromatic carbocycles. The molecule has 2 aliphatic rings. The number of hydrogen-bond donors (Lipinski definition) is 1. The van der Waals surface area contributed by atoms with Crippen LogP contribution in [0.25, 0.3) is 0 Å². The van der Waals surface area contributed by atoms with Gasteiger partial charge in [0.15, 0.2) is 5.79 Å². The highest BCUT2D eigenvalue weighted by molar-refractivity contribution is 8.00. The number of thioether (sulfide) groups is 1. The molecule has 4 heteroatoms. The zero-order valence-electron chi connectivity index (χ0n) is 7.29. The smallest absolute Gasteiger partial charge is 0.181 e. The first kappa shape index (κ1) is 8.81. The normalized spacial score (nSPS) is 47.5. The van der Waals surface area contributed by atoms with E-state index in [9.17, 15) is 0 Å². The van der Waals surface area contributed by atoms with E-state index in [0.29, 0.717) is 18.4 Å². The lowest BCUT2D eigenvalue weighted by molar-refractivity contribution is -0.160. The standard InChI is InChI=1S/C8H15NO2S/c1-6-8(2-3-12-6)10-5-7(4-9)11-8/h6-7H,2-5,9H2,1H3. The van der Waals surface area contributed by atoms with E-state index in [1.54, 1.807) is 0 Å². The Bertz CT molecular complexity index is 178. The molecule has 0 amide bonds. The van der Waals surface area contributed by atoms with Gasteiger partial charge in [-0.3, -0.25) is 0 Å². The highest BCUT2D eigenvalue weighted by Crippen LogP contribution is 2.43. The van der Waals surface area contributed by atoms with Crippen molar-refractivity contribution in [2.45, 2.75) is 30.5 Å². The fourth-order valence-electron chi connectivity index (χ4n) is 1.75. The second-order valence-electron chi connectivity index (χ2n) is 3.36. The third-order valence-electron chi connectivity index (χ3n) is 2.58. The molecule has 2 saturated heterocycles. The van der Waals surface area contributed by atoms with Crippen molar-refractivity contribution in [1.29, 1.82) is 0 Å². The van der Waals surface area contributed by atoms with Gasteiger partial charge in [0.2, 0.25) is 0 Å². The molecule has 3 atom stereocenters. The van der Waals surface area contributed by atoms with E-state index >= 15 is 0 Å². The van der Waals surface area contributed by atoms with Gasteiger partial charge in [-0.15, -0.1) is 0 Å². The predicted octanol–water partition coefficient (Wildman–Crippen LogP) is 0.582. The zero-order chi connectivity index (χ0) is 8.60. The summed E-state index contributed by atoms with van der Waals surface area (Å²) in [5.41, 5.74) is 5.52. The average molecular weight is 189 g/mol. The lowest BCUT2D eigenvalue weighted by Gasteiger charge is -2.26. The maximum Gasteiger partial charge on any atom is 0.181 e. The van der Waals surface area contributed by atoms with Gasteiger partial charge in [-0.2, -0.15) is 11.8 Å². The van der Waals surface area contributed by atoms with E-state index in [-0.39, 0.29) is 11.9 Å². The highest BCUT2D eigenvalue weighted by atomic mass is 32.2. The van der Waals surface area contributed by atoms with Gasteiger partial charge in [0.1, 0.15) is 0 Å². The molecule has 2 N–H and O–H groups in total. The number of nitrogens with two attached hydrogens (primary N) is 1. The SMILES string of the molecule is CC1SCCC12OCC(CN)O2. The average Bonchev–Trinajstić information content (AvgIpc) is 2.63. The molecule has 2 fully saturated rings. The van der Waals surface area contributed by atoms with Crippen molar-refractivity contribution in [3.63, 3.8) is 0 Å². The van der Waals surface area contributed by atoms with Crippen LogP contribution in [0.1, 0.15) is 13.3 Å². The fraction of sp³-hybridized carbons (Fsp3) is 1.00. The first-order valence-electron chi connectivity index (χ1n) is 4.40. The molecule has 12 heavy (non-hydrogen) atoms. The van der Waals surface area contributed by atoms with Crippen molar-refractivity contribution in [3.05, 3.63) is 0 Å². The lowest BCUT2D eigenvalue weighted by atomic mass is 10.1. The van der Waals surface area contributed by atoms with Crippen molar-refractivity contribution >= 4 is 11.8 Å². The maximum atomic E-state index is 5.80. The van der Waals surface area contributed by atoms with E-state index in [2.05, 4.69) is 6.92 Å². The first-order chi connectivity index (χ1) is 5.77. The van der Waals surface area contributed by atoms with Crippen molar-refractivity contribution in [3.8, 4) is 0 Å². The minimum absolute atomic E-state index is 0.117. The van der Waals surface area contributed by atoms with Crippen LogP contribution >= 0.6 is 11.8 Å². The summed E-state index contributed by atoms with van der Waals surface area (Å²) in [6.45, 7) is 3.40. The van der Waals surface area contributed by atoms with Crippen LogP contribution in [0, 0.1) is 0 Å². The third-order valence-corrected chi connectivity index (χ3v) is 3.88. The second-order valence-corrected chi connectivity index (χ2v) is 4.81. The van der Waals surface area contributed by atoms with E-state index in [1.165, 1.54) is 0 Å². The minimum Gasteiger partial charge on any atom is -0.346 e. The maximum absolute atomic E-state index is 5.80. The molecule has 0 bridgehead atoms. The summed E-state index contributed by atoms with van der Waals surface area (Å²) < 4.78 is 11.5. The van der Waals surface area contributed by atoms with E-state index in [0.717, 1.165) is 12.2 Å². The van der Waals surface area contributed by atoms with Gasteiger partial charge < -0.3 is 15.2 Å². The van der Waals surface area contributed by atoms with Crippen molar-refractivity contribution in [2.24, 2.45) is 5.73 Å².